The Hall–Kier alpha value is -0.660. The van der Waals surface area contributed by atoms with Crippen LogP contribution in [0.2, 0.25) is 0 Å². The maximum Gasteiger partial charge on any atom is 0.202 e. The summed E-state index contributed by atoms with van der Waals surface area (Å²) in [5.41, 5.74) is 0. The number of ketones is 2. The Labute approximate surface area is 47.9 Å². The molecule has 0 N–H and O–H groups in total. The molecule has 1 saturated carbocycles. The molecule has 0 heterocycles. The van der Waals surface area contributed by atoms with Crippen LogP contribution in [0.3, 0.4) is 0 Å². The van der Waals surface area contributed by atoms with Gasteiger partial charge in [0.2, 0.25) is 5.78 Å². The fraction of sp³-hybridized carbons (Fsp3) is 0.500. The predicted octanol–water partition coefficient (Wildman–Crippen LogP) is 0.513. The number of hydrogen-bond acceptors (Lipinski definition) is 2. The summed E-state index contributed by atoms with van der Waals surface area (Å²) < 4.78 is 0. The van der Waals surface area contributed by atoms with Crippen LogP contribution in [-0.4, -0.2) is 11.6 Å². The zero-order valence-electron chi connectivity index (χ0n) is 4.52. The van der Waals surface area contributed by atoms with Crippen LogP contribution in [0.1, 0.15) is 19.3 Å². The van der Waals surface area contributed by atoms with Crippen molar-refractivity contribution in [1.82, 2.24) is 0 Å². The maximum atomic E-state index is 10.4. The summed E-state index contributed by atoms with van der Waals surface area (Å²) in [6, 6.07) is 0. The van der Waals surface area contributed by atoms with Crippen molar-refractivity contribution < 1.29 is 9.59 Å². The molecule has 0 spiro atoms. The zero-order chi connectivity index (χ0) is 5.98. The number of hydrogen-bond donors (Lipinski definition) is 0. The molecule has 8 heavy (non-hydrogen) atoms. The van der Waals surface area contributed by atoms with Crippen molar-refractivity contribution >= 4 is 11.6 Å². The van der Waals surface area contributed by atoms with Crippen molar-refractivity contribution in [3.8, 4) is 0 Å². The Morgan fingerprint density at radius 1 is 1.38 bits per heavy atom. The van der Waals surface area contributed by atoms with Crippen LogP contribution < -0.4 is 0 Å². The lowest BCUT2D eigenvalue weighted by molar-refractivity contribution is -0.135. The molecule has 1 fully saturated rings. The van der Waals surface area contributed by atoms with E-state index in [1.165, 1.54) is 6.42 Å². The van der Waals surface area contributed by atoms with E-state index in [1.807, 2.05) is 0 Å². The second-order valence-corrected chi connectivity index (χ2v) is 1.88. The molecule has 43 valence electrons. The summed E-state index contributed by atoms with van der Waals surface area (Å²) in [6.45, 7) is 0. The molecule has 0 aliphatic heterocycles. The van der Waals surface area contributed by atoms with Gasteiger partial charge in [0.25, 0.3) is 0 Å². The summed E-state index contributed by atoms with van der Waals surface area (Å²) in [5.74, 6) is -0.521. The minimum Gasteiger partial charge on any atom is -0.291 e. The van der Waals surface area contributed by atoms with E-state index in [1.54, 1.807) is 0 Å². The van der Waals surface area contributed by atoms with E-state index in [9.17, 15) is 9.59 Å². The lowest BCUT2D eigenvalue weighted by atomic mass is 9.98. The third-order valence-electron chi connectivity index (χ3n) is 1.21. The highest BCUT2D eigenvalue weighted by Crippen LogP contribution is 2.08. The van der Waals surface area contributed by atoms with Gasteiger partial charge in [-0.1, -0.05) is 0 Å². The first kappa shape index (κ1) is 5.48. The highest BCUT2D eigenvalue weighted by Gasteiger charge is 2.17. The lowest BCUT2D eigenvalue weighted by Gasteiger charge is -2.03. The molecule has 1 aliphatic carbocycles. The second kappa shape index (κ2) is 2.07. The van der Waals surface area contributed by atoms with Crippen LogP contribution in [0, 0.1) is 6.42 Å². The smallest absolute Gasteiger partial charge is 0.202 e. The highest BCUT2D eigenvalue weighted by atomic mass is 16.2. The summed E-state index contributed by atoms with van der Waals surface area (Å²) in [7, 11) is 0. The van der Waals surface area contributed by atoms with Crippen molar-refractivity contribution in [3.05, 3.63) is 6.42 Å². The topological polar surface area (TPSA) is 34.1 Å². The summed E-state index contributed by atoms with van der Waals surface area (Å²) in [4.78, 5) is 20.8. The Kier molecular flexibility index (Phi) is 1.42. The van der Waals surface area contributed by atoms with E-state index >= 15 is 0 Å². The first-order chi connectivity index (χ1) is 3.80. The average molecular weight is 111 g/mol. The van der Waals surface area contributed by atoms with E-state index < -0.39 is 0 Å². The van der Waals surface area contributed by atoms with Crippen LogP contribution >= 0.6 is 0 Å². The molecule has 2 heteroatoms. The van der Waals surface area contributed by atoms with Crippen molar-refractivity contribution in [2.24, 2.45) is 0 Å². The molecule has 2 nitrogen and oxygen atoms in total. The van der Waals surface area contributed by atoms with Gasteiger partial charge in [0.1, 0.15) is 0 Å². The van der Waals surface area contributed by atoms with Crippen LogP contribution in [0.15, 0.2) is 0 Å². The van der Waals surface area contributed by atoms with Crippen LogP contribution in [0.25, 0.3) is 0 Å². The van der Waals surface area contributed by atoms with Crippen LogP contribution in [-0.2, 0) is 9.59 Å². The first-order valence-electron chi connectivity index (χ1n) is 2.71. The van der Waals surface area contributed by atoms with Gasteiger partial charge in [0.05, 0.1) is 0 Å². The fourth-order valence-corrected chi connectivity index (χ4v) is 0.733. The van der Waals surface area contributed by atoms with E-state index in [2.05, 4.69) is 0 Å². The van der Waals surface area contributed by atoms with Gasteiger partial charge in [-0.05, 0) is 12.8 Å². The van der Waals surface area contributed by atoms with E-state index in [0.29, 0.717) is 6.42 Å². The molecule has 0 aromatic rings. The van der Waals surface area contributed by atoms with Crippen LogP contribution in [0.4, 0.5) is 0 Å². The summed E-state index contributed by atoms with van der Waals surface area (Å²) in [5, 5.41) is 0. The molecule has 0 amide bonds. The van der Waals surface area contributed by atoms with Crippen LogP contribution in [0.5, 0.6) is 0 Å². The van der Waals surface area contributed by atoms with Gasteiger partial charge in [-0.25, -0.2) is 0 Å². The molecule has 1 radical (unpaired) electrons. The molecule has 0 bridgehead atoms. The Bertz CT molecular complexity index is 110. The van der Waals surface area contributed by atoms with Crippen molar-refractivity contribution in [2.45, 2.75) is 19.3 Å². The standard InChI is InChI=1S/C6H7O2/c7-5-3-1-2-4-6(5)8/h3H,1-2,4H2. The number of carbonyl (C=O) groups is 2. The van der Waals surface area contributed by atoms with Crippen molar-refractivity contribution in [1.29, 1.82) is 0 Å². The van der Waals surface area contributed by atoms with E-state index in [4.69, 9.17) is 0 Å². The molecule has 1 rings (SSSR count). The summed E-state index contributed by atoms with van der Waals surface area (Å²) in [6.07, 6.45) is 3.55. The Morgan fingerprint density at radius 3 is 2.50 bits per heavy atom. The van der Waals surface area contributed by atoms with E-state index in [0.717, 1.165) is 12.8 Å². The van der Waals surface area contributed by atoms with Gasteiger partial charge in [-0.15, -0.1) is 0 Å². The minimum absolute atomic E-state index is 0.226. The number of carbonyl (C=O) groups excluding carboxylic acids is 2. The van der Waals surface area contributed by atoms with E-state index in [-0.39, 0.29) is 11.6 Å². The zero-order valence-corrected chi connectivity index (χ0v) is 4.52. The van der Waals surface area contributed by atoms with Gasteiger partial charge < -0.3 is 0 Å². The van der Waals surface area contributed by atoms with Gasteiger partial charge in [0.15, 0.2) is 5.78 Å². The molecule has 0 unspecified atom stereocenters. The van der Waals surface area contributed by atoms with Gasteiger partial charge in [0, 0.05) is 12.8 Å². The first-order valence-corrected chi connectivity index (χ1v) is 2.71. The van der Waals surface area contributed by atoms with Crippen molar-refractivity contribution in [2.75, 3.05) is 0 Å². The van der Waals surface area contributed by atoms with Crippen molar-refractivity contribution in [3.63, 3.8) is 0 Å². The van der Waals surface area contributed by atoms with Gasteiger partial charge in [-0.2, -0.15) is 0 Å². The highest BCUT2D eigenvalue weighted by molar-refractivity contribution is 6.41. The molecular formula is C6H7O2. The molecule has 1 aliphatic rings. The number of Topliss-reactive ketones (excluding diaryl/α,β-unsaturated/α-hetero) is 2. The summed E-state index contributed by atoms with van der Waals surface area (Å²) >= 11 is 0. The fourth-order valence-electron chi connectivity index (χ4n) is 0.733. The second-order valence-electron chi connectivity index (χ2n) is 1.88. The monoisotopic (exact) mass is 111 g/mol. The molecular weight excluding hydrogens is 104 g/mol. The lowest BCUT2D eigenvalue weighted by Crippen LogP contribution is -2.18. The molecule has 0 saturated heterocycles. The molecule has 0 atom stereocenters. The third kappa shape index (κ3) is 0.941. The number of rotatable bonds is 0. The predicted molar refractivity (Wildman–Crippen MR) is 28.2 cm³/mol. The maximum absolute atomic E-state index is 10.4. The third-order valence-corrected chi connectivity index (χ3v) is 1.21. The minimum atomic E-state index is -0.295. The Morgan fingerprint density at radius 2 is 2.12 bits per heavy atom. The quantitative estimate of drug-likeness (QED) is 0.427. The normalized spacial score (nSPS) is 21.5. The average Bonchev–Trinajstić information content (AvgIpc) is 1.77. The SMILES string of the molecule is O=C1[CH]CCCC1=O. The van der Waals surface area contributed by atoms with Gasteiger partial charge >= 0.3 is 0 Å². The Balaban J connectivity index is 2.52. The molecule has 0 aromatic heterocycles. The largest absolute Gasteiger partial charge is 0.291 e. The molecule has 0 aromatic carbocycles. The van der Waals surface area contributed by atoms with Gasteiger partial charge in [-0.3, -0.25) is 9.59 Å².